The van der Waals surface area contributed by atoms with E-state index >= 15 is 0 Å². The van der Waals surface area contributed by atoms with Crippen LogP contribution in [0.5, 0.6) is 5.75 Å². The number of fused-ring (bicyclic) bond motifs is 1. The van der Waals surface area contributed by atoms with Gasteiger partial charge in [0.1, 0.15) is 17.5 Å². The monoisotopic (exact) mass is 442 g/mol. The molecule has 0 unspecified atom stereocenters. The second-order valence-corrected chi connectivity index (χ2v) is 8.21. The van der Waals surface area contributed by atoms with Gasteiger partial charge in [0.25, 0.3) is 11.3 Å². The Kier molecular flexibility index (Phi) is 5.77. The fourth-order valence-electron chi connectivity index (χ4n) is 3.52. The van der Waals surface area contributed by atoms with Gasteiger partial charge < -0.3 is 4.74 Å². The number of aryl methyl sites for hydroxylation is 2. The summed E-state index contributed by atoms with van der Waals surface area (Å²) in [6, 6.07) is 11.0. The lowest BCUT2D eigenvalue weighted by Gasteiger charge is -2.11. The molecule has 160 valence electrons. The zero-order valence-corrected chi connectivity index (χ0v) is 18.0. The molecule has 0 spiro atoms. The maximum Gasteiger partial charge on any atom is 0.289 e. The molecule has 0 radical (unpaired) electrons. The summed E-state index contributed by atoms with van der Waals surface area (Å²) in [7, 11) is 1.43. The van der Waals surface area contributed by atoms with E-state index in [-0.39, 0.29) is 12.1 Å². The number of alkyl halides is 2. The van der Waals surface area contributed by atoms with Crippen molar-refractivity contribution in [3.05, 3.63) is 76.0 Å². The van der Waals surface area contributed by atoms with Gasteiger partial charge in [0, 0.05) is 0 Å². The van der Waals surface area contributed by atoms with Crippen LogP contribution in [0.3, 0.4) is 0 Å². The average molecular weight is 442 g/mol. The van der Waals surface area contributed by atoms with E-state index < -0.39 is 5.76 Å². The Morgan fingerprint density at radius 1 is 1.13 bits per heavy atom. The van der Waals surface area contributed by atoms with Gasteiger partial charge >= 0.3 is 0 Å². The number of rotatable bonds is 6. The normalized spacial score (nSPS) is 11.4. The van der Waals surface area contributed by atoms with E-state index in [4.69, 9.17) is 4.74 Å². The van der Waals surface area contributed by atoms with E-state index in [1.165, 1.54) is 24.2 Å². The summed E-state index contributed by atoms with van der Waals surface area (Å²) in [5, 5.41) is 4.77. The zero-order valence-electron chi connectivity index (χ0n) is 17.2. The van der Waals surface area contributed by atoms with Crippen LogP contribution < -0.4 is 10.3 Å². The van der Waals surface area contributed by atoms with Crippen LogP contribution in [0.4, 0.5) is 8.78 Å². The number of methoxy groups -OCH3 is 1. The van der Waals surface area contributed by atoms with Crippen molar-refractivity contribution in [2.24, 2.45) is 0 Å². The van der Waals surface area contributed by atoms with Gasteiger partial charge in [0.05, 0.1) is 30.4 Å². The van der Waals surface area contributed by atoms with Crippen molar-refractivity contribution >= 4 is 22.8 Å². The Bertz CT molecular complexity index is 1300. The highest BCUT2D eigenvalue weighted by Crippen LogP contribution is 2.34. The van der Waals surface area contributed by atoms with E-state index in [9.17, 15) is 13.6 Å². The van der Waals surface area contributed by atoms with Crippen LogP contribution in [0.15, 0.2) is 58.6 Å². The van der Waals surface area contributed by atoms with Gasteiger partial charge in [-0.1, -0.05) is 23.9 Å². The molecule has 6 nitrogen and oxygen atoms in total. The van der Waals surface area contributed by atoms with Crippen molar-refractivity contribution in [2.75, 3.05) is 7.11 Å². The highest BCUT2D eigenvalue weighted by atomic mass is 32.2. The Balaban J connectivity index is 1.69. The molecule has 0 aliphatic carbocycles. The number of hydrogen-bond donors (Lipinski definition) is 0. The number of benzene rings is 2. The molecule has 0 aliphatic heterocycles. The van der Waals surface area contributed by atoms with E-state index in [1.54, 1.807) is 22.9 Å². The number of halogens is 2. The van der Waals surface area contributed by atoms with Gasteiger partial charge in [-0.25, -0.2) is 9.67 Å². The first-order valence-electron chi connectivity index (χ1n) is 9.49. The van der Waals surface area contributed by atoms with Gasteiger partial charge in [-0.05, 0) is 54.8 Å². The topological polar surface area (TPSA) is 61.9 Å². The van der Waals surface area contributed by atoms with E-state index in [0.717, 1.165) is 22.4 Å². The molecule has 0 N–H and O–H groups in total. The molecule has 2 heterocycles. The number of thioether (sulfide) groups is 1. The highest BCUT2D eigenvalue weighted by Gasteiger charge is 2.14. The second-order valence-electron chi connectivity index (χ2n) is 7.18. The molecular formula is C22H20F2N4O2S. The van der Waals surface area contributed by atoms with Crippen molar-refractivity contribution < 1.29 is 13.5 Å². The summed E-state index contributed by atoms with van der Waals surface area (Å²) in [6.45, 7) is 4.23. The van der Waals surface area contributed by atoms with Crippen LogP contribution in [0.1, 0.15) is 16.7 Å². The zero-order chi connectivity index (χ0) is 22.1. The Labute approximate surface area is 181 Å². The molecule has 0 amide bonds. The molecule has 0 saturated heterocycles. The third-order valence-corrected chi connectivity index (χ3v) is 5.57. The van der Waals surface area contributed by atoms with E-state index in [0.29, 0.717) is 33.4 Å². The largest absolute Gasteiger partial charge is 0.496 e. The lowest BCUT2D eigenvalue weighted by Crippen LogP contribution is -2.21. The molecule has 0 fully saturated rings. The summed E-state index contributed by atoms with van der Waals surface area (Å²) < 4.78 is 33.7. The third kappa shape index (κ3) is 4.32. The van der Waals surface area contributed by atoms with Gasteiger partial charge in [0.2, 0.25) is 0 Å². The van der Waals surface area contributed by atoms with Gasteiger partial charge in [-0.15, -0.1) is 0 Å². The highest BCUT2D eigenvalue weighted by molar-refractivity contribution is 7.99. The van der Waals surface area contributed by atoms with Crippen molar-refractivity contribution in [3.63, 3.8) is 0 Å². The molecule has 4 rings (SSSR count). The first-order valence-corrected chi connectivity index (χ1v) is 10.4. The van der Waals surface area contributed by atoms with Crippen LogP contribution in [0.2, 0.25) is 0 Å². The minimum absolute atomic E-state index is 0.229. The van der Waals surface area contributed by atoms with Crippen molar-refractivity contribution in [1.82, 2.24) is 19.3 Å². The minimum atomic E-state index is -2.54. The van der Waals surface area contributed by atoms with Crippen LogP contribution >= 0.6 is 11.8 Å². The van der Waals surface area contributed by atoms with Crippen LogP contribution in [-0.2, 0) is 6.54 Å². The maximum absolute atomic E-state index is 13.0. The first kappa shape index (κ1) is 21.0. The van der Waals surface area contributed by atoms with Gasteiger partial charge in [-0.2, -0.15) is 13.9 Å². The summed E-state index contributed by atoms with van der Waals surface area (Å²) >= 11 is 0.422. The quantitative estimate of drug-likeness (QED) is 0.410. The van der Waals surface area contributed by atoms with E-state index in [1.807, 2.05) is 26.0 Å². The average Bonchev–Trinajstić information content (AvgIpc) is 3.15. The molecule has 0 aliphatic rings. The van der Waals surface area contributed by atoms with Crippen LogP contribution in [0, 0.1) is 13.8 Å². The summed E-state index contributed by atoms with van der Waals surface area (Å²) in [6.07, 6.45) is 2.99. The first-order chi connectivity index (χ1) is 14.9. The van der Waals surface area contributed by atoms with Crippen molar-refractivity contribution in [3.8, 4) is 11.4 Å². The van der Waals surface area contributed by atoms with Gasteiger partial charge in [0.15, 0.2) is 5.65 Å². The smallest absolute Gasteiger partial charge is 0.289 e. The molecular weight excluding hydrogens is 422 g/mol. The predicted molar refractivity (Wildman–Crippen MR) is 117 cm³/mol. The standard InChI is InChI=1S/C22H20F2N4O2S/c1-13-6-14(2)8-16(7-13)28-20-17(10-26-28)21(29)27(12-25-20)11-15-4-5-19(31-22(23)24)18(9-15)30-3/h4-10,12,22H,11H2,1-3H3. The SMILES string of the molecule is COc1cc(Cn2cnc3c(cnn3-c3cc(C)cc(C)c3)c2=O)ccc1SC(F)F. The van der Waals surface area contributed by atoms with Crippen molar-refractivity contribution in [2.45, 2.75) is 31.0 Å². The lowest BCUT2D eigenvalue weighted by molar-refractivity contribution is 0.251. The molecule has 2 aromatic heterocycles. The number of nitrogens with zero attached hydrogens (tertiary/aromatic N) is 4. The Morgan fingerprint density at radius 2 is 1.87 bits per heavy atom. The number of aromatic nitrogens is 4. The third-order valence-electron chi connectivity index (χ3n) is 4.80. The van der Waals surface area contributed by atoms with Crippen LogP contribution in [-0.4, -0.2) is 32.2 Å². The van der Waals surface area contributed by atoms with Crippen LogP contribution in [0.25, 0.3) is 16.7 Å². The summed E-state index contributed by atoms with van der Waals surface area (Å²) in [5.74, 6) is -2.20. The number of ether oxygens (including phenoxy) is 1. The Hall–Kier alpha value is -3.20. The van der Waals surface area contributed by atoms with E-state index in [2.05, 4.69) is 16.1 Å². The summed E-state index contributed by atoms with van der Waals surface area (Å²) in [4.78, 5) is 17.8. The second kappa shape index (κ2) is 8.50. The van der Waals surface area contributed by atoms with Gasteiger partial charge in [-0.3, -0.25) is 9.36 Å². The van der Waals surface area contributed by atoms with Crippen molar-refractivity contribution in [1.29, 1.82) is 0 Å². The molecule has 9 heteroatoms. The lowest BCUT2D eigenvalue weighted by atomic mass is 10.1. The fraction of sp³-hybridized carbons (Fsp3) is 0.227. The maximum atomic E-state index is 13.0. The molecule has 0 atom stereocenters. The minimum Gasteiger partial charge on any atom is -0.496 e. The number of hydrogen-bond acceptors (Lipinski definition) is 5. The molecule has 31 heavy (non-hydrogen) atoms. The molecule has 4 aromatic rings. The molecule has 2 aromatic carbocycles. The Morgan fingerprint density at radius 3 is 2.55 bits per heavy atom. The molecule has 0 saturated carbocycles. The molecule has 0 bridgehead atoms. The predicted octanol–water partition coefficient (Wildman–Crippen LogP) is 4.57. The summed E-state index contributed by atoms with van der Waals surface area (Å²) in [5.41, 5.74) is 4.01. The fourth-order valence-corrected chi connectivity index (χ4v) is 4.12.